The first-order chi connectivity index (χ1) is 9.24. The molecule has 0 fully saturated rings. The van der Waals surface area contributed by atoms with Crippen molar-refractivity contribution in [1.29, 1.82) is 0 Å². The molecule has 2 heterocycles. The maximum absolute atomic E-state index is 5.83. The van der Waals surface area contributed by atoms with E-state index in [1.807, 2.05) is 31.2 Å². The van der Waals surface area contributed by atoms with Crippen molar-refractivity contribution in [1.82, 2.24) is 19.9 Å². The van der Waals surface area contributed by atoms with Crippen LogP contribution in [0.15, 0.2) is 46.8 Å². The Bertz CT molecular complexity index is 742. The molecule has 2 aromatic heterocycles. The summed E-state index contributed by atoms with van der Waals surface area (Å²) in [6.45, 7) is 1.95. The van der Waals surface area contributed by atoms with E-state index in [9.17, 15) is 0 Å². The SMILES string of the molecule is Cc1cnc(Cl)nc1Sc1ncnc2ccccc12. The lowest BCUT2D eigenvalue weighted by atomic mass is 10.2. The van der Waals surface area contributed by atoms with Crippen molar-refractivity contribution in [3.8, 4) is 0 Å². The van der Waals surface area contributed by atoms with Gasteiger partial charge in [0.05, 0.1) is 5.52 Å². The predicted octanol–water partition coefficient (Wildman–Crippen LogP) is 3.53. The third kappa shape index (κ3) is 2.52. The molecule has 19 heavy (non-hydrogen) atoms. The fourth-order valence-electron chi connectivity index (χ4n) is 1.66. The zero-order valence-electron chi connectivity index (χ0n) is 10.0. The van der Waals surface area contributed by atoms with Gasteiger partial charge in [-0.1, -0.05) is 18.2 Å². The summed E-state index contributed by atoms with van der Waals surface area (Å²) >= 11 is 7.30. The third-order valence-corrected chi connectivity index (χ3v) is 3.90. The molecule has 0 radical (unpaired) electrons. The summed E-state index contributed by atoms with van der Waals surface area (Å²) in [7, 11) is 0. The molecule has 0 saturated heterocycles. The number of aromatic nitrogens is 4. The topological polar surface area (TPSA) is 51.6 Å². The molecule has 0 aliphatic heterocycles. The molecule has 3 rings (SSSR count). The highest BCUT2D eigenvalue weighted by Crippen LogP contribution is 2.31. The van der Waals surface area contributed by atoms with Gasteiger partial charge in [0.15, 0.2) is 0 Å². The van der Waals surface area contributed by atoms with E-state index in [1.165, 1.54) is 11.8 Å². The Balaban J connectivity index is 2.08. The second-order valence-electron chi connectivity index (χ2n) is 3.93. The van der Waals surface area contributed by atoms with Crippen molar-refractivity contribution < 1.29 is 0 Å². The Hall–Kier alpha value is -1.72. The highest BCUT2D eigenvalue weighted by atomic mass is 35.5. The number of nitrogens with zero attached hydrogens (tertiary/aromatic N) is 4. The van der Waals surface area contributed by atoms with Gasteiger partial charge < -0.3 is 0 Å². The molecule has 0 saturated carbocycles. The maximum Gasteiger partial charge on any atom is 0.223 e. The zero-order chi connectivity index (χ0) is 13.2. The molecule has 0 aliphatic carbocycles. The number of para-hydroxylation sites is 1. The molecule has 0 aliphatic rings. The standard InChI is InChI=1S/C13H9ClN4S/c1-8-6-15-13(14)18-11(8)19-12-9-4-2-3-5-10(9)16-7-17-12/h2-7H,1H3. The minimum atomic E-state index is 0.242. The van der Waals surface area contributed by atoms with Crippen LogP contribution >= 0.6 is 23.4 Å². The number of halogens is 1. The predicted molar refractivity (Wildman–Crippen MR) is 75.4 cm³/mol. The monoisotopic (exact) mass is 288 g/mol. The van der Waals surface area contributed by atoms with Gasteiger partial charge in [-0.25, -0.2) is 19.9 Å². The van der Waals surface area contributed by atoms with Crippen LogP contribution in [0, 0.1) is 6.92 Å². The maximum atomic E-state index is 5.83. The molecule has 0 amide bonds. The van der Waals surface area contributed by atoms with Crippen LogP contribution in [-0.4, -0.2) is 19.9 Å². The number of fused-ring (bicyclic) bond motifs is 1. The van der Waals surface area contributed by atoms with Gasteiger partial charge in [0.2, 0.25) is 5.28 Å². The second-order valence-corrected chi connectivity index (χ2v) is 5.24. The van der Waals surface area contributed by atoms with E-state index < -0.39 is 0 Å². The highest BCUT2D eigenvalue weighted by molar-refractivity contribution is 7.99. The van der Waals surface area contributed by atoms with Gasteiger partial charge in [-0.15, -0.1) is 0 Å². The van der Waals surface area contributed by atoms with E-state index in [0.29, 0.717) is 0 Å². The number of rotatable bonds is 2. The highest BCUT2D eigenvalue weighted by Gasteiger charge is 2.09. The number of benzene rings is 1. The summed E-state index contributed by atoms with van der Waals surface area (Å²) in [5.74, 6) is 0. The molecule has 94 valence electrons. The summed E-state index contributed by atoms with van der Waals surface area (Å²) in [5, 5.41) is 2.92. The van der Waals surface area contributed by atoms with E-state index in [-0.39, 0.29) is 5.28 Å². The third-order valence-electron chi connectivity index (χ3n) is 2.60. The normalized spacial score (nSPS) is 10.8. The average molecular weight is 289 g/mol. The summed E-state index contributed by atoms with van der Waals surface area (Å²) in [4.78, 5) is 16.7. The fraction of sp³-hybridized carbons (Fsp3) is 0.0769. The van der Waals surface area contributed by atoms with Crippen LogP contribution in [-0.2, 0) is 0 Å². The van der Waals surface area contributed by atoms with Crippen molar-refractivity contribution in [2.45, 2.75) is 17.0 Å². The number of aryl methyl sites for hydroxylation is 1. The molecule has 1 aromatic carbocycles. The Labute approximate surface area is 119 Å². The Kier molecular flexibility index (Phi) is 3.31. The van der Waals surface area contributed by atoms with Gasteiger partial charge in [0.1, 0.15) is 16.4 Å². The van der Waals surface area contributed by atoms with Crippen LogP contribution in [0.2, 0.25) is 5.28 Å². The van der Waals surface area contributed by atoms with Gasteiger partial charge in [0, 0.05) is 17.1 Å². The van der Waals surface area contributed by atoms with E-state index in [2.05, 4.69) is 19.9 Å². The Morgan fingerprint density at radius 1 is 1.05 bits per heavy atom. The Morgan fingerprint density at radius 2 is 1.89 bits per heavy atom. The lowest BCUT2D eigenvalue weighted by molar-refractivity contribution is 0.997. The molecule has 3 aromatic rings. The van der Waals surface area contributed by atoms with Gasteiger partial charge in [-0.3, -0.25) is 0 Å². The fourth-order valence-corrected chi connectivity index (χ4v) is 2.76. The van der Waals surface area contributed by atoms with Crippen molar-refractivity contribution in [3.05, 3.63) is 47.6 Å². The molecular formula is C13H9ClN4S. The lowest BCUT2D eigenvalue weighted by Crippen LogP contribution is -1.92. The molecule has 0 atom stereocenters. The average Bonchev–Trinajstić information content (AvgIpc) is 2.43. The van der Waals surface area contributed by atoms with Crippen LogP contribution in [0.5, 0.6) is 0 Å². The summed E-state index contributed by atoms with van der Waals surface area (Å²) in [6, 6.07) is 7.88. The van der Waals surface area contributed by atoms with Crippen molar-refractivity contribution >= 4 is 34.3 Å². The van der Waals surface area contributed by atoms with E-state index in [4.69, 9.17) is 11.6 Å². The van der Waals surface area contributed by atoms with Gasteiger partial charge in [0.25, 0.3) is 0 Å². The summed E-state index contributed by atoms with van der Waals surface area (Å²) in [6.07, 6.45) is 3.27. The van der Waals surface area contributed by atoms with Crippen LogP contribution in [0.3, 0.4) is 0 Å². The molecule has 0 unspecified atom stereocenters. The van der Waals surface area contributed by atoms with Crippen molar-refractivity contribution in [3.63, 3.8) is 0 Å². The minimum absolute atomic E-state index is 0.242. The van der Waals surface area contributed by atoms with E-state index >= 15 is 0 Å². The van der Waals surface area contributed by atoms with Gasteiger partial charge in [-0.05, 0) is 36.4 Å². The van der Waals surface area contributed by atoms with Crippen molar-refractivity contribution in [2.24, 2.45) is 0 Å². The first-order valence-electron chi connectivity index (χ1n) is 5.61. The molecule has 0 spiro atoms. The smallest absolute Gasteiger partial charge is 0.223 e. The number of hydrogen-bond donors (Lipinski definition) is 0. The molecule has 0 N–H and O–H groups in total. The zero-order valence-corrected chi connectivity index (χ0v) is 11.6. The molecule has 6 heteroatoms. The van der Waals surface area contributed by atoms with Crippen LogP contribution in [0.4, 0.5) is 0 Å². The molecule has 4 nitrogen and oxygen atoms in total. The molecule has 0 bridgehead atoms. The van der Waals surface area contributed by atoms with E-state index in [0.717, 1.165) is 26.5 Å². The first kappa shape index (κ1) is 12.3. The van der Waals surface area contributed by atoms with Crippen LogP contribution < -0.4 is 0 Å². The quantitative estimate of drug-likeness (QED) is 0.533. The Morgan fingerprint density at radius 3 is 2.79 bits per heavy atom. The van der Waals surface area contributed by atoms with Crippen LogP contribution in [0.25, 0.3) is 10.9 Å². The minimum Gasteiger partial charge on any atom is -0.236 e. The summed E-state index contributed by atoms with van der Waals surface area (Å²) < 4.78 is 0. The van der Waals surface area contributed by atoms with E-state index in [1.54, 1.807) is 12.5 Å². The number of hydrogen-bond acceptors (Lipinski definition) is 5. The van der Waals surface area contributed by atoms with Crippen molar-refractivity contribution in [2.75, 3.05) is 0 Å². The second kappa shape index (κ2) is 5.11. The lowest BCUT2D eigenvalue weighted by Gasteiger charge is -2.06. The summed E-state index contributed by atoms with van der Waals surface area (Å²) in [5.41, 5.74) is 1.88. The largest absolute Gasteiger partial charge is 0.236 e. The van der Waals surface area contributed by atoms with Crippen LogP contribution in [0.1, 0.15) is 5.56 Å². The molecular weight excluding hydrogens is 280 g/mol. The van der Waals surface area contributed by atoms with Gasteiger partial charge >= 0.3 is 0 Å². The van der Waals surface area contributed by atoms with Gasteiger partial charge in [-0.2, -0.15) is 0 Å². The first-order valence-corrected chi connectivity index (χ1v) is 6.80.